The van der Waals surface area contributed by atoms with Crippen LogP contribution in [0.25, 0.3) is 17.3 Å². The highest BCUT2D eigenvalue weighted by Crippen LogP contribution is 2.21. The van der Waals surface area contributed by atoms with Gasteiger partial charge in [0.1, 0.15) is 5.57 Å². The van der Waals surface area contributed by atoms with Gasteiger partial charge in [-0.3, -0.25) is 9.59 Å². The molecule has 112 valence electrons. The zero-order chi connectivity index (χ0) is 16.1. The Balaban J connectivity index is 2.64. The Morgan fingerprint density at radius 3 is 2.50 bits per heavy atom. The molecule has 0 fully saturated rings. The zero-order valence-electron chi connectivity index (χ0n) is 12.1. The van der Waals surface area contributed by atoms with Crippen LogP contribution in [0.3, 0.4) is 0 Å². The summed E-state index contributed by atoms with van der Waals surface area (Å²) in [5.41, 5.74) is 0.997. The third-order valence-corrected chi connectivity index (χ3v) is 2.97. The van der Waals surface area contributed by atoms with Crippen LogP contribution in [0.4, 0.5) is 0 Å². The van der Waals surface area contributed by atoms with E-state index in [1.807, 2.05) is 30.3 Å². The number of methoxy groups -OCH3 is 1. The van der Waals surface area contributed by atoms with Crippen molar-refractivity contribution in [1.29, 1.82) is 0 Å². The smallest absolute Gasteiger partial charge is 0.341 e. The lowest BCUT2D eigenvalue weighted by molar-refractivity contribution is -0.137. The van der Waals surface area contributed by atoms with Gasteiger partial charge in [0.25, 0.3) is 5.56 Å². The van der Waals surface area contributed by atoms with Crippen molar-refractivity contribution < 1.29 is 14.3 Å². The molecule has 0 aliphatic carbocycles. The van der Waals surface area contributed by atoms with Crippen molar-refractivity contribution in [3.8, 4) is 11.3 Å². The Morgan fingerprint density at radius 2 is 1.91 bits per heavy atom. The van der Waals surface area contributed by atoms with E-state index < -0.39 is 17.3 Å². The second-order valence-electron chi connectivity index (χ2n) is 4.51. The fraction of sp³-hybridized carbons (Fsp3) is 0.125. The van der Waals surface area contributed by atoms with E-state index in [1.54, 1.807) is 0 Å². The molecule has 2 aromatic rings. The van der Waals surface area contributed by atoms with Crippen LogP contribution in [0.5, 0.6) is 0 Å². The Bertz CT molecular complexity index is 791. The van der Waals surface area contributed by atoms with Crippen molar-refractivity contribution in [2.75, 3.05) is 7.11 Å². The Labute approximate surface area is 126 Å². The first-order valence-electron chi connectivity index (χ1n) is 6.49. The normalized spacial score (nSPS) is 11.1. The number of hydrogen-bond donors (Lipinski definition) is 1. The average molecular weight is 298 g/mol. The molecule has 0 bridgehead atoms. The maximum absolute atomic E-state index is 11.7. The van der Waals surface area contributed by atoms with Gasteiger partial charge >= 0.3 is 5.97 Å². The Morgan fingerprint density at radius 1 is 1.23 bits per heavy atom. The number of aromatic amines is 1. The number of ether oxygens (including phenoxy) is 1. The van der Waals surface area contributed by atoms with Gasteiger partial charge in [-0.1, -0.05) is 30.3 Å². The summed E-state index contributed by atoms with van der Waals surface area (Å²) in [6, 6.07) is 10.4. The fourth-order valence-electron chi connectivity index (χ4n) is 1.92. The van der Waals surface area contributed by atoms with Gasteiger partial charge in [0.05, 0.1) is 12.8 Å². The van der Waals surface area contributed by atoms with Gasteiger partial charge in [-0.25, -0.2) is 9.89 Å². The molecule has 0 saturated heterocycles. The van der Waals surface area contributed by atoms with E-state index in [1.165, 1.54) is 26.2 Å². The number of benzene rings is 1. The minimum absolute atomic E-state index is 0.146. The molecule has 0 aliphatic rings. The predicted octanol–water partition coefficient (Wildman–Crippen LogP) is 1.58. The van der Waals surface area contributed by atoms with Gasteiger partial charge in [0.15, 0.2) is 5.78 Å². The molecule has 0 saturated carbocycles. The number of carbonyl (C=O) groups is 2. The summed E-state index contributed by atoms with van der Waals surface area (Å²) in [5, 5.41) is 6.35. The number of H-pyrrole nitrogens is 1. The van der Waals surface area contributed by atoms with Crippen LogP contribution in [0.2, 0.25) is 0 Å². The van der Waals surface area contributed by atoms with Crippen molar-refractivity contribution in [2.45, 2.75) is 6.92 Å². The molecule has 0 aliphatic heterocycles. The number of ketones is 1. The SMILES string of the molecule is COC(=O)/C(=C\c1cc(=O)[nH]nc1-c1ccccc1)C(C)=O. The summed E-state index contributed by atoms with van der Waals surface area (Å²) < 4.78 is 4.59. The molecule has 6 nitrogen and oxygen atoms in total. The predicted molar refractivity (Wildman–Crippen MR) is 81.0 cm³/mol. The van der Waals surface area contributed by atoms with Gasteiger partial charge in [0, 0.05) is 17.2 Å². The van der Waals surface area contributed by atoms with E-state index in [0.29, 0.717) is 11.3 Å². The molecule has 1 aromatic carbocycles. The summed E-state index contributed by atoms with van der Waals surface area (Å²) in [6.07, 6.45) is 1.32. The third kappa shape index (κ3) is 3.35. The van der Waals surface area contributed by atoms with Crippen molar-refractivity contribution in [3.63, 3.8) is 0 Å². The lowest BCUT2D eigenvalue weighted by Crippen LogP contribution is -2.13. The van der Waals surface area contributed by atoms with Crippen molar-refractivity contribution >= 4 is 17.8 Å². The van der Waals surface area contributed by atoms with Crippen LogP contribution >= 0.6 is 0 Å². The number of esters is 1. The molecule has 22 heavy (non-hydrogen) atoms. The van der Waals surface area contributed by atoms with Gasteiger partial charge in [0.2, 0.25) is 0 Å². The highest BCUT2D eigenvalue weighted by Gasteiger charge is 2.16. The molecule has 0 atom stereocenters. The van der Waals surface area contributed by atoms with E-state index in [9.17, 15) is 14.4 Å². The molecule has 0 spiro atoms. The molecule has 0 unspecified atom stereocenters. The lowest BCUT2D eigenvalue weighted by Gasteiger charge is -2.06. The van der Waals surface area contributed by atoms with Gasteiger partial charge in [-0.15, -0.1) is 0 Å². The van der Waals surface area contributed by atoms with Crippen molar-refractivity contribution in [1.82, 2.24) is 10.2 Å². The molecule has 2 rings (SSSR count). The van der Waals surface area contributed by atoms with Crippen LogP contribution in [0.15, 0.2) is 46.8 Å². The van der Waals surface area contributed by atoms with Crippen LogP contribution in [-0.2, 0) is 14.3 Å². The Kier molecular flexibility index (Phi) is 4.63. The monoisotopic (exact) mass is 298 g/mol. The topological polar surface area (TPSA) is 89.1 Å². The molecule has 1 N–H and O–H groups in total. The summed E-state index contributed by atoms with van der Waals surface area (Å²) >= 11 is 0. The molecule has 0 radical (unpaired) electrons. The number of nitrogens with zero attached hydrogens (tertiary/aromatic N) is 1. The first-order valence-corrected chi connectivity index (χ1v) is 6.49. The summed E-state index contributed by atoms with van der Waals surface area (Å²) in [5.74, 6) is -1.21. The fourth-order valence-corrected chi connectivity index (χ4v) is 1.92. The van der Waals surface area contributed by atoms with Gasteiger partial charge in [-0.05, 0) is 13.0 Å². The van der Waals surface area contributed by atoms with E-state index in [2.05, 4.69) is 14.9 Å². The lowest BCUT2D eigenvalue weighted by atomic mass is 10.0. The average Bonchev–Trinajstić information content (AvgIpc) is 2.52. The second kappa shape index (κ2) is 6.62. The van der Waals surface area contributed by atoms with Crippen molar-refractivity contribution in [3.05, 3.63) is 57.9 Å². The largest absolute Gasteiger partial charge is 0.465 e. The van der Waals surface area contributed by atoms with Crippen LogP contribution in [0, 0.1) is 0 Å². The minimum Gasteiger partial charge on any atom is -0.465 e. The van der Waals surface area contributed by atoms with Crippen LogP contribution < -0.4 is 5.56 Å². The van der Waals surface area contributed by atoms with Crippen LogP contribution in [0.1, 0.15) is 12.5 Å². The van der Waals surface area contributed by atoms with E-state index in [0.717, 1.165) is 5.56 Å². The quantitative estimate of drug-likeness (QED) is 0.400. The molecule has 6 heteroatoms. The molecular weight excluding hydrogens is 284 g/mol. The Hall–Kier alpha value is -3.02. The molecule has 0 amide bonds. The van der Waals surface area contributed by atoms with E-state index in [4.69, 9.17) is 0 Å². The van der Waals surface area contributed by atoms with Gasteiger partial charge in [-0.2, -0.15) is 5.10 Å². The maximum atomic E-state index is 11.7. The van der Waals surface area contributed by atoms with E-state index in [-0.39, 0.29) is 5.57 Å². The van der Waals surface area contributed by atoms with Crippen LogP contribution in [-0.4, -0.2) is 29.1 Å². The van der Waals surface area contributed by atoms with Crippen molar-refractivity contribution in [2.24, 2.45) is 0 Å². The summed E-state index contributed by atoms with van der Waals surface area (Å²) in [7, 11) is 1.19. The van der Waals surface area contributed by atoms with Gasteiger partial charge < -0.3 is 4.74 Å². The second-order valence-corrected chi connectivity index (χ2v) is 4.51. The number of rotatable bonds is 4. The molecule has 1 heterocycles. The van der Waals surface area contributed by atoms with E-state index >= 15 is 0 Å². The highest BCUT2D eigenvalue weighted by atomic mass is 16.5. The number of nitrogens with one attached hydrogen (secondary N) is 1. The number of Topliss-reactive ketones (excluding diaryl/α,β-unsaturated/α-hetero) is 1. The summed E-state index contributed by atoms with van der Waals surface area (Å²) in [6.45, 7) is 1.26. The minimum atomic E-state index is -0.758. The number of hydrogen-bond acceptors (Lipinski definition) is 5. The maximum Gasteiger partial charge on any atom is 0.341 e. The molecular formula is C16H14N2O4. The first kappa shape index (κ1) is 15.4. The summed E-state index contributed by atoms with van der Waals surface area (Å²) in [4.78, 5) is 34.8. The third-order valence-electron chi connectivity index (χ3n) is 2.97. The zero-order valence-corrected chi connectivity index (χ0v) is 12.1. The number of aromatic nitrogens is 2. The molecule has 1 aromatic heterocycles. The number of carbonyl (C=O) groups excluding carboxylic acids is 2. The standard InChI is InChI=1S/C16H14N2O4/c1-10(19)13(16(21)22-2)8-12-9-14(20)17-18-15(12)11-6-4-3-5-7-11/h3-9H,1-2H3,(H,17,20)/b13-8-. The first-order chi connectivity index (χ1) is 10.5. The highest BCUT2D eigenvalue weighted by molar-refractivity contribution is 6.20.